The molecule has 0 bridgehead atoms. The molecule has 9 heteroatoms. The summed E-state index contributed by atoms with van der Waals surface area (Å²) in [5.41, 5.74) is 1.58. The summed E-state index contributed by atoms with van der Waals surface area (Å²) < 4.78 is 44.2. The first-order valence-electron chi connectivity index (χ1n) is 7.69. The van der Waals surface area contributed by atoms with Crippen LogP contribution >= 0.6 is 0 Å². The van der Waals surface area contributed by atoms with Crippen LogP contribution in [0.1, 0.15) is 27.4 Å². The van der Waals surface area contributed by atoms with Crippen molar-refractivity contribution in [2.45, 2.75) is 19.5 Å². The van der Waals surface area contributed by atoms with Crippen molar-refractivity contribution in [1.29, 1.82) is 0 Å². The van der Waals surface area contributed by atoms with Crippen molar-refractivity contribution in [3.8, 4) is 0 Å². The van der Waals surface area contributed by atoms with Crippen LogP contribution in [0.5, 0.6) is 0 Å². The molecule has 0 unspecified atom stereocenters. The van der Waals surface area contributed by atoms with E-state index in [0.717, 1.165) is 11.8 Å². The molecule has 134 valence electrons. The Hall–Kier alpha value is -2.23. The first kappa shape index (κ1) is 17.6. The van der Waals surface area contributed by atoms with Gasteiger partial charge in [-0.1, -0.05) is 6.07 Å². The largest absolute Gasteiger partial charge is 0.455 e. The number of halogens is 1. The number of hydrogen-bond donors (Lipinski definition) is 3. The third-order valence-electron chi connectivity index (χ3n) is 3.85. The van der Waals surface area contributed by atoms with E-state index < -0.39 is 21.7 Å². The van der Waals surface area contributed by atoms with E-state index in [1.807, 2.05) is 0 Å². The van der Waals surface area contributed by atoms with E-state index in [4.69, 9.17) is 4.42 Å². The minimum atomic E-state index is -3.36. The number of hydrogen-bond acceptors (Lipinski definition) is 5. The van der Waals surface area contributed by atoms with Crippen molar-refractivity contribution >= 4 is 21.6 Å². The molecule has 0 atom stereocenters. The normalized spacial score (nSPS) is 14.2. The number of rotatable bonds is 5. The van der Waals surface area contributed by atoms with Gasteiger partial charge < -0.3 is 15.1 Å². The van der Waals surface area contributed by atoms with Crippen molar-refractivity contribution < 1.29 is 22.0 Å². The number of sulfonamides is 1. The third kappa shape index (κ3) is 4.25. The van der Waals surface area contributed by atoms with E-state index >= 15 is 0 Å². The van der Waals surface area contributed by atoms with Gasteiger partial charge >= 0.3 is 0 Å². The van der Waals surface area contributed by atoms with Gasteiger partial charge in [0, 0.05) is 6.54 Å². The molecule has 7 nitrogen and oxygen atoms in total. The molecule has 3 N–H and O–H groups in total. The molecule has 1 aromatic carbocycles. The molecule has 1 aliphatic heterocycles. The molecule has 0 aliphatic carbocycles. The van der Waals surface area contributed by atoms with Gasteiger partial charge in [-0.2, -0.15) is 0 Å². The minimum absolute atomic E-state index is 0.0240. The highest BCUT2D eigenvalue weighted by Crippen LogP contribution is 2.25. The zero-order valence-electron chi connectivity index (χ0n) is 13.6. The van der Waals surface area contributed by atoms with Crippen LogP contribution in [0.3, 0.4) is 0 Å². The molecule has 1 aliphatic rings. The van der Waals surface area contributed by atoms with Crippen LogP contribution in [0.4, 0.5) is 10.1 Å². The Balaban J connectivity index is 1.72. The summed E-state index contributed by atoms with van der Waals surface area (Å²) in [6.45, 7) is 1.23. The molecular weight excluding hydrogens is 349 g/mol. The Kier molecular flexibility index (Phi) is 4.89. The fraction of sp³-hybridized carbons (Fsp3) is 0.312. The first-order valence-corrected chi connectivity index (χ1v) is 9.58. The maximum atomic E-state index is 14.5. The minimum Gasteiger partial charge on any atom is -0.455 e. The van der Waals surface area contributed by atoms with Gasteiger partial charge in [-0.3, -0.25) is 4.79 Å². The van der Waals surface area contributed by atoms with Crippen LogP contribution in [0.15, 0.2) is 28.7 Å². The molecule has 2 heterocycles. The molecule has 1 amide bonds. The number of carbonyl (C=O) groups is 1. The van der Waals surface area contributed by atoms with Crippen LogP contribution in [0.2, 0.25) is 0 Å². The van der Waals surface area contributed by atoms with Crippen LogP contribution < -0.4 is 15.4 Å². The standard InChI is InChI=1S/C16H18FN3O4S/c1-25(22,23)19-9-11-3-5-14(24-11)16(21)20-13-4-2-10-8-18-7-6-12(10)15(13)17/h2-5,18-19H,6-9H2,1H3,(H,20,21). The Bertz CT molecular complexity index is 908. The van der Waals surface area contributed by atoms with Crippen LogP contribution in [-0.2, 0) is 29.5 Å². The van der Waals surface area contributed by atoms with Crippen LogP contribution in [-0.4, -0.2) is 27.1 Å². The second-order valence-corrected chi connectivity index (χ2v) is 7.64. The summed E-state index contributed by atoms with van der Waals surface area (Å²) in [5, 5.41) is 5.66. The fourth-order valence-electron chi connectivity index (χ4n) is 2.61. The lowest BCUT2D eigenvalue weighted by atomic mass is 9.99. The number of nitrogens with one attached hydrogen (secondary N) is 3. The van der Waals surface area contributed by atoms with Crippen molar-refractivity contribution in [2.75, 3.05) is 18.1 Å². The Morgan fingerprint density at radius 3 is 2.88 bits per heavy atom. The third-order valence-corrected chi connectivity index (χ3v) is 4.52. The zero-order chi connectivity index (χ0) is 18.0. The van der Waals surface area contributed by atoms with E-state index in [0.29, 0.717) is 25.1 Å². The van der Waals surface area contributed by atoms with Gasteiger partial charge in [0.1, 0.15) is 11.6 Å². The van der Waals surface area contributed by atoms with Gasteiger partial charge in [-0.15, -0.1) is 0 Å². The monoisotopic (exact) mass is 367 g/mol. The zero-order valence-corrected chi connectivity index (χ0v) is 14.4. The molecule has 0 radical (unpaired) electrons. The fourth-order valence-corrected chi connectivity index (χ4v) is 3.02. The highest BCUT2D eigenvalue weighted by molar-refractivity contribution is 7.88. The smallest absolute Gasteiger partial charge is 0.291 e. The predicted molar refractivity (Wildman–Crippen MR) is 90.2 cm³/mol. The number of amides is 1. The second kappa shape index (κ2) is 6.95. The highest BCUT2D eigenvalue weighted by Gasteiger charge is 2.19. The predicted octanol–water partition coefficient (Wildman–Crippen LogP) is 1.37. The number of fused-ring (bicyclic) bond motifs is 1. The molecule has 0 saturated heterocycles. The number of carbonyl (C=O) groups excluding carboxylic acids is 1. The lowest BCUT2D eigenvalue weighted by Crippen LogP contribution is -2.25. The first-order chi connectivity index (χ1) is 11.8. The van der Waals surface area contributed by atoms with Crippen LogP contribution in [0.25, 0.3) is 0 Å². The van der Waals surface area contributed by atoms with Crippen molar-refractivity contribution in [2.24, 2.45) is 0 Å². The summed E-state index contributed by atoms with van der Waals surface area (Å²) in [7, 11) is -3.36. The van der Waals surface area contributed by atoms with E-state index in [9.17, 15) is 17.6 Å². The van der Waals surface area contributed by atoms with Crippen molar-refractivity contribution in [3.63, 3.8) is 0 Å². The lowest BCUT2D eigenvalue weighted by molar-refractivity contribution is 0.0994. The average Bonchev–Trinajstić information content (AvgIpc) is 3.04. The molecular formula is C16H18FN3O4S. The van der Waals surface area contributed by atoms with Gasteiger partial charge in [0.2, 0.25) is 10.0 Å². The Labute approximate surface area is 144 Å². The summed E-state index contributed by atoms with van der Waals surface area (Å²) in [4.78, 5) is 12.2. The van der Waals surface area contributed by atoms with E-state index in [-0.39, 0.29) is 23.8 Å². The molecule has 0 spiro atoms. The van der Waals surface area contributed by atoms with Gasteiger partial charge in [0.15, 0.2) is 5.76 Å². The average molecular weight is 367 g/mol. The molecule has 3 rings (SSSR count). The van der Waals surface area contributed by atoms with Crippen molar-refractivity contribution in [3.05, 3.63) is 52.7 Å². The second-order valence-electron chi connectivity index (χ2n) is 5.80. The maximum Gasteiger partial charge on any atom is 0.291 e. The van der Waals surface area contributed by atoms with Gasteiger partial charge in [-0.05, 0) is 42.3 Å². The van der Waals surface area contributed by atoms with E-state index in [1.54, 1.807) is 6.07 Å². The molecule has 2 aromatic rings. The molecule has 1 aromatic heterocycles. The highest BCUT2D eigenvalue weighted by atomic mass is 32.2. The Morgan fingerprint density at radius 1 is 1.32 bits per heavy atom. The van der Waals surface area contributed by atoms with Crippen molar-refractivity contribution in [1.82, 2.24) is 10.0 Å². The number of anilines is 1. The summed E-state index contributed by atoms with van der Waals surface area (Å²) in [6, 6.07) is 6.20. The van der Waals surface area contributed by atoms with E-state index in [2.05, 4.69) is 15.4 Å². The summed E-state index contributed by atoms with van der Waals surface area (Å²) in [6.07, 6.45) is 1.59. The molecule has 0 saturated carbocycles. The SMILES string of the molecule is CS(=O)(=O)NCc1ccc(C(=O)Nc2ccc3c(c2F)CCNC3)o1. The maximum absolute atomic E-state index is 14.5. The lowest BCUT2D eigenvalue weighted by Gasteiger charge is -2.19. The van der Waals surface area contributed by atoms with Gasteiger partial charge in [0.05, 0.1) is 18.5 Å². The quantitative estimate of drug-likeness (QED) is 0.741. The van der Waals surface area contributed by atoms with Gasteiger partial charge in [-0.25, -0.2) is 17.5 Å². The molecule has 0 fully saturated rings. The Morgan fingerprint density at radius 2 is 2.12 bits per heavy atom. The van der Waals surface area contributed by atoms with Crippen LogP contribution in [0, 0.1) is 5.82 Å². The summed E-state index contributed by atoms with van der Waals surface area (Å²) in [5.74, 6) is -0.770. The molecule has 25 heavy (non-hydrogen) atoms. The number of benzene rings is 1. The van der Waals surface area contributed by atoms with E-state index in [1.165, 1.54) is 18.2 Å². The van der Waals surface area contributed by atoms with Gasteiger partial charge in [0.25, 0.3) is 5.91 Å². The topological polar surface area (TPSA) is 100 Å². The number of furan rings is 1. The summed E-state index contributed by atoms with van der Waals surface area (Å²) >= 11 is 0.